The monoisotopic (exact) mass is 398 g/mol. The average Bonchev–Trinajstić information content (AvgIpc) is 2.26. The Morgan fingerprint density at radius 2 is 1.09 bits per heavy atom. The Hall–Kier alpha value is 0.846. The smallest absolute Gasteiger partial charge is 0.743 e. The maximum Gasteiger partial charge on any atom is 1.00 e. The van der Waals surface area contributed by atoms with Crippen LogP contribution in [0.3, 0.4) is 0 Å². The van der Waals surface area contributed by atoms with E-state index in [9.17, 15) is 56.9 Å². The molecule has 0 aromatic rings. The van der Waals surface area contributed by atoms with Crippen LogP contribution >= 0.6 is 0 Å². The minimum absolute atomic E-state index is 0. The van der Waals surface area contributed by atoms with Gasteiger partial charge in [0.2, 0.25) is 0 Å². The summed E-state index contributed by atoms with van der Waals surface area (Å²) < 4.78 is 156. The zero-order valence-electron chi connectivity index (χ0n) is 10.6. The van der Waals surface area contributed by atoms with Crippen LogP contribution in [0.15, 0.2) is 0 Å². The molecule has 0 aromatic heterocycles. The zero-order chi connectivity index (χ0) is 17.7. The first-order valence-corrected chi connectivity index (χ1v) is 6.06. The number of halogens is 10. The van der Waals surface area contributed by atoms with E-state index in [1.54, 1.807) is 0 Å². The van der Waals surface area contributed by atoms with Crippen LogP contribution in [0.5, 0.6) is 0 Å². The van der Waals surface area contributed by atoms with Crippen molar-refractivity contribution in [2.24, 2.45) is 0 Å². The third-order valence-electron chi connectivity index (χ3n) is 2.37. The molecule has 0 bridgehead atoms. The van der Waals surface area contributed by atoms with Crippen molar-refractivity contribution in [2.75, 3.05) is 0 Å². The molecular formula is C7H5F10KO3S. The molecule has 22 heavy (non-hydrogen) atoms. The Morgan fingerprint density at radius 1 is 0.773 bits per heavy atom. The number of rotatable bonds is 6. The van der Waals surface area contributed by atoms with E-state index in [-0.39, 0.29) is 58.3 Å². The van der Waals surface area contributed by atoms with Gasteiger partial charge in [0.25, 0.3) is 0 Å². The summed E-state index contributed by atoms with van der Waals surface area (Å²) in [5.74, 6) is -28.0. The second kappa shape index (κ2) is 6.63. The summed E-state index contributed by atoms with van der Waals surface area (Å²) in [6.45, 7) is 0.157. The van der Waals surface area contributed by atoms with Crippen molar-refractivity contribution >= 4 is 10.1 Å². The molecule has 0 rings (SSSR count). The summed E-state index contributed by atoms with van der Waals surface area (Å²) in [4.78, 5) is 0. The van der Waals surface area contributed by atoms with Crippen molar-refractivity contribution in [1.82, 2.24) is 0 Å². The Labute approximate surface area is 159 Å². The van der Waals surface area contributed by atoms with Gasteiger partial charge in [0.15, 0.2) is 10.1 Å². The molecule has 0 aromatic carbocycles. The van der Waals surface area contributed by atoms with Gasteiger partial charge in [-0.05, 0) is 0 Å². The first-order chi connectivity index (χ1) is 8.81. The third kappa shape index (κ3) is 3.44. The van der Waals surface area contributed by atoms with Crippen molar-refractivity contribution in [3.8, 4) is 0 Å². The molecule has 0 atom stereocenters. The molecule has 0 aliphatic rings. The summed E-state index contributed by atoms with van der Waals surface area (Å²) in [7, 11) is -7.55. The van der Waals surface area contributed by atoms with Crippen molar-refractivity contribution < 1.29 is 108 Å². The molecule has 0 saturated heterocycles. The van der Waals surface area contributed by atoms with Crippen LogP contribution < -0.4 is 51.4 Å². The Bertz CT molecular complexity index is 503. The quantitative estimate of drug-likeness (QED) is 0.362. The van der Waals surface area contributed by atoms with Gasteiger partial charge in [0, 0.05) is 6.42 Å². The Balaban J connectivity index is 0. The van der Waals surface area contributed by atoms with Crippen LogP contribution in [0, 0.1) is 0 Å². The van der Waals surface area contributed by atoms with E-state index in [0.29, 0.717) is 0 Å². The minimum Gasteiger partial charge on any atom is -0.743 e. The topological polar surface area (TPSA) is 57.2 Å². The molecule has 0 fully saturated rings. The van der Waals surface area contributed by atoms with Gasteiger partial charge >= 0.3 is 80.3 Å². The van der Waals surface area contributed by atoms with Crippen molar-refractivity contribution in [1.29, 1.82) is 0 Å². The number of hydrogen-bond acceptors (Lipinski definition) is 3. The second-order valence-corrected chi connectivity index (χ2v) is 5.17. The summed E-state index contributed by atoms with van der Waals surface area (Å²) >= 11 is 0. The molecule has 0 aliphatic carbocycles. The molecule has 3 nitrogen and oxygen atoms in total. The molecule has 0 aliphatic heterocycles. The van der Waals surface area contributed by atoms with Crippen molar-refractivity contribution in [2.45, 2.75) is 42.3 Å². The normalized spacial score (nSPS) is 15.5. The first-order valence-electron chi connectivity index (χ1n) is 4.65. The van der Waals surface area contributed by atoms with Crippen LogP contribution in [-0.4, -0.2) is 41.9 Å². The van der Waals surface area contributed by atoms with Crippen LogP contribution in [0.25, 0.3) is 0 Å². The molecule has 0 N–H and O–H groups in total. The predicted octanol–water partition coefficient (Wildman–Crippen LogP) is 0.0796. The van der Waals surface area contributed by atoms with E-state index in [1.165, 1.54) is 0 Å². The van der Waals surface area contributed by atoms with Crippen molar-refractivity contribution in [3.05, 3.63) is 0 Å². The molecule has 0 spiro atoms. The maximum absolute atomic E-state index is 12.8. The van der Waals surface area contributed by atoms with Gasteiger partial charge in [-0.1, -0.05) is 6.92 Å². The molecule has 0 amide bonds. The van der Waals surface area contributed by atoms with Gasteiger partial charge in [0.1, 0.15) is 0 Å². The van der Waals surface area contributed by atoms with Crippen LogP contribution in [0.4, 0.5) is 43.9 Å². The van der Waals surface area contributed by atoms with E-state index in [4.69, 9.17) is 0 Å². The van der Waals surface area contributed by atoms with Gasteiger partial charge in [-0.2, -0.15) is 43.9 Å². The van der Waals surface area contributed by atoms with E-state index < -0.39 is 45.5 Å². The molecule has 0 unspecified atom stereocenters. The summed E-state index contributed by atoms with van der Waals surface area (Å²) in [6, 6.07) is 0. The maximum atomic E-state index is 12.8. The fourth-order valence-corrected chi connectivity index (χ4v) is 1.43. The summed E-state index contributed by atoms with van der Waals surface area (Å²) in [5.41, 5.74) is 0. The first kappa shape index (κ1) is 25.1. The number of alkyl halides is 10. The Kier molecular flexibility index (Phi) is 7.56. The molecule has 0 saturated carbocycles. The van der Waals surface area contributed by atoms with E-state index in [0.717, 1.165) is 0 Å². The summed E-state index contributed by atoms with van der Waals surface area (Å²) in [5, 5.41) is -7.24. The van der Waals surface area contributed by atoms with Gasteiger partial charge in [0.05, 0.1) is 0 Å². The third-order valence-corrected chi connectivity index (χ3v) is 3.26. The van der Waals surface area contributed by atoms with Crippen molar-refractivity contribution in [3.63, 3.8) is 0 Å². The minimum atomic E-state index is -7.58. The van der Waals surface area contributed by atoms with Gasteiger partial charge < -0.3 is 4.55 Å². The van der Waals surface area contributed by atoms with Crippen LogP contribution in [0.2, 0.25) is 0 Å². The zero-order valence-corrected chi connectivity index (χ0v) is 14.6. The van der Waals surface area contributed by atoms with Crippen LogP contribution in [-0.2, 0) is 10.1 Å². The molecular weight excluding hydrogens is 393 g/mol. The molecule has 0 radical (unpaired) electrons. The van der Waals surface area contributed by atoms with E-state index >= 15 is 0 Å². The summed E-state index contributed by atoms with van der Waals surface area (Å²) in [6.07, 6.45) is -2.15. The fourth-order valence-electron chi connectivity index (χ4n) is 0.989. The standard InChI is InChI=1S/C7H6F10O3S.K/c1-2-3(8,9)4(10,11)5(12,13)6(14,15)7(16,17)21(18,19)20;/h2H2,1H3,(H,18,19,20);/q;+1/p-1. The van der Waals surface area contributed by atoms with Gasteiger partial charge in [-0.15, -0.1) is 0 Å². The van der Waals surface area contributed by atoms with Gasteiger partial charge in [-0.3, -0.25) is 0 Å². The largest absolute Gasteiger partial charge is 1.00 e. The van der Waals surface area contributed by atoms with E-state index in [1.807, 2.05) is 0 Å². The predicted molar refractivity (Wildman–Crippen MR) is 44.7 cm³/mol. The Morgan fingerprint density at radius 3 is 1.32 bits per heavy atom. The van der Waals surface area contributed by atoms with E-state index in [2.05, 4.69) is 0 Å². The average molecular weight is 398 g/mol. The molecule has 128 valence electrons. The second-order valence-electron chi connectivity index (χ2n) is 3.75. The molecule has 15 heteroatoms. The molecule has 0 heterocycles. The SMILES string of the molecule is CCC(F)(F)C(F)(F)C(F)(F)C(F)(F)C(F)(F)S(=O)(=O)[O-].[K+]. The van der Waals surface area contributed by atoms with Gasteiger partial charge in [-0.25, -0.2) is 8.42 Å². The fraction of sp³-hybridized carbons (Fsp3) is 1.00. The van der Waals surface area contributed by atoms with Crippen LogP contribution in [0.1, 0.15) is 13.3 Å². The number of hydrogen-bond donors (Lipinski definition) is 0.